The average Bonchev–Trinajstić information content (AvgIpc) is 2.54. The number of carbonyl (C=O) groups excluding carboxylic acids is 1. The van der Waals surface area contributed by atoms with Crippen molar-refractivity contribution < 1.29 is 4.79 Å². The van der Waals surface area contributed by atoms with E-state index in [0.29, 0.717) is 5.75 Å². The fraction of sp³-hybridized carbons (Fsp3) is 0.250. The summed E-state index contributed by atoms with van der Waals surface area (Å²) < 4.78 is 0. The van der Waals surface area contributed by atoms with Gasteiger partial charge in [0.15, 0.2) is 0 Å². The fourth-order valence-electron chi connectivity index (χ4n) is 1.63. The zero-order valence-corrected chi connectivity index (χ0v) is 13.3. The smallest absolute Gasteiger partial charge is 0.230 e. The maximum atomic E-state index is 11.7. The minimum atomic E-state index is 0.0652. The Morgan fingerprint density at radius 1 is 1.05 bits per heavy atom. The molecule has 0 radical (unpaired) electrons. The first-order chi connectivity index (χ1) is 10.3. The van der Waals surface area contributed by atoms with E-state index < -0.39 is 0 Å². The average molecular weight is 318 g/mol. The number of hydrogen-bond donors (Lipinski definition) is 1. The molecule has 0 saturated carbocycles. The number of aromatic nitrogens is 1. The summed E-state index contributed by atoms with van der Waals surface area (Å²) in [6.45, 7) is 0.724. The van der Waals surface area contributed by atoms with E-state index in [1.165, 1.54) is 16.7 Å². The van der Waals surface area contributed by atoms with Gasteiger partial charge in [0, 0.05) is 17.6 Å². The first-order valence-electron chi connectivity index (χ1n) is 6.83. The summed E-state index contributed by atoms with van der Waals surface area (Å²) in [6, 6.07) is 16.0. The van der Waals surface area contributed by atoms with Crippen LogP contribution in [0, 0.1) is 0 Å². The molecule has 0 spiro atoms. The fourth-order valence-corrected chi connectivity index (χ4v) is 3.19. The number of thioether (sulfide) groups is 2. The topological polar surface area (TPSA) is 42.0 Å². The molecule has 2 rings (SSSR count). The van der Waals surface area contributed by atoms with Gasteiger partial charge in [-0.1, -0.05) is 36.0 Å². The molecule has 1 aromatic carbocycles. The van der Waals surface area contributed by atoms with Crippen molar-refractivity contribution in [3.8, 4) is 0 Å². The number of nitrogens with zero attached hydrogens (tertiary/aromatic N) is 1. The molecule has 5 heteroatoms. The SMILES string of the molecule is O=C(CSc1ccccn1)NCCCSc1ccccc1. The van der Waals surface area contributed by atoms with Crippen LogP contribution in [0.3, 0.4) is 0 Å². The monoisotopic (exact) mass is 318 g/mol. The lowest BCUT2D eigenvalue weighted by Gasteiger charge is -2.05. The second-order valence-corrected chi connectivity index (χ2v) is 6.49. The maximum Gasteiger partial charge on any atom is 0.230 e. The van der Waals surface area contributed by atoms with E-state index in [1.54, 1.807) is 6.20 Å². The van der Waals surface area contributed by atoms with E-state index >= 15 is 0 Å². The van der Waals surface area contributed by atoms with Gasteiger partial charge in [0.05, 0.1) is 10.8 Å². The molecule has 0 bridgehead atoms. The first kappa shape index (κ1) is 15.9. The van der Waals surface area contributed by atoms with Gasteiger partial charge in [-0.15, -0.1) is 11.8 Å². The predicted molar refractivity (Wildman–Crippen MR) is 89.8 cm³/mol. The largest absolute Gasteiger partial charge is 0.355 e. The molecule has 3 nitrogen and oxygen atoms in total. The van der Waals surface area contributed by atoms with Crippen LogP contribution in [-0.2, 0) is 4.79 Å². The molecule has 0 unspecified atom stereocenters. The summed E-state index contributed by atoms with van der Waals surface area (Å²) in [4.78, 5) is 17.1. The number of rotatable bonds is 8. The van der Waals surface area contributed by atoms with Crippen molar-refractivity contribution in [2.45, 2.75) is 16.3 Å². The van der Waals surface area contributed by atoms with Crippen LogP contribution in [0.5, 0.6) is 0 Å². The highest BCUT2D eigenvalue weighted by atomic mass is 32.2. The van der Waals surface area contributed by atoms with Gasteiger partial charge in [-0.2, -0.15) is 0 Å². The minimum Gasteiger partial charge on any atom is -0.355 e. The Morgan fingerprint density at radius 3 is 2.62 bits per heavy atom. The van der Waals surface area contributed by atoms with Crippen molar-refractivity contribution in [3.05, 3.63) is 54.7 Å². The third kappa shape index (κ3) is 6.69. The van der Waals surface area contributed by atoms with E-state index in [1.807, 2.05) is 48.2 Å². The Labute approximate surface area is 133 Å². The first-order valence-corrected chi connectivity index (χ1v) is 8.80. The lowest BCUT2D eigenvalue weighted by molar-refractivity contribution is -0.118. The van der Waals surface area contributed by atoms with E-state index in [9.17, 15) is 4.79 Å². The number of pyridine rings is 1. The molecule has 0 fully saturated rings. The predicted octanol–water partition coefficient (Wildman–Crippen LogP) is 3.47. The molecule has 1 N–H and O–H groups in total. The quantitative estimate of drug-likeness (QED) is 0.598. The summed E-state index contributed by atoms with van der Waals surface area (Å²) >= 11 is 3.28. The van der Waals surface area contributed by atoms with Crippen molar-refractivity contribution in [3.63, 3.8) is 0 Å². The van der Waals surface area contributed by atoms with Crippen molar-refractivity contribution >= 4 is 29.4 Å². The molecule has 1 amide bonds. The van der Waals surface area contributed by atoms with E-state index in [4.69, 9.17) is 0 Å². The third-order valence-electron chi connectivity index (χ3n) is 2.64. The van der Waals surface area contributed by atoms with E-state index in [2.05, 4.69) is 22.4 Å². The van der Waals surface area contributed by atoms with Crippen molar-refractivity contribution in [2.75, 3.05) is 18.1 Å². The van der Waals surface area contributed by atoms with Gasteiger partial charge in [-0.25, -0.2) is 4.98 Å². The highest BCUT2D eigenvalue weighted by Crippen LogP contribution is 2.17. The molecular formula is C16H18N2OS2. The molecule has 21 heavy (non-hydrogen) atoms. The van der Waals surface area contributed by atoms with Gasteiger partial charge < -0.3 is 5.32 Å². The minimum absolute atomic E-state index is 0.0652. The summed E-state index contributed by atoms with van der Waals surface area (Å²) in [6.07, 6.45) is 2.71. The van der Waals surface area contributed by atoms with Crippen LogP contribution in [-0.4, -0.2) is 28.9 Å². The highest BCUT2D eigenvalue weighted by Gasteiger charge is 2.02. The number of benzene rings is 1. The van der Waals surface area contributed by atoms with Gasteiger partial charge >= 0.3 is 0 Å². The van der Waals surface area contributed by atoms with Crippen LogP contribution in [0.15, 0.2) is 64.6 Å². The Bertz CT molecular complexity index is 534. The zero-order valence-electron chi connectivity index (χ0n) is 11.7. The van der Waals surface area contributed by atoms with Gasteiger partial charge in [-0.05, 0) is 36.4 Å². The Hall–Kier alpha value is -1.46. The Kier molecular flexibility index (Phi) is 7.18. The maximum absolute atomic E-state index is 11.7. The molecule has 1 heterocycles. The number of hydrogen-bond acceptors (Lipinski definition) is 4. The summed E-state index contributed by atoms with van der Waals surface area (Å²) in [5, 5.41) is 3.82. The van der Waals surface area contributed by atoms with Gasteiger partial charge in [0.2, 0.25) is 5.91 Å². The van der Waals surface area contributed by atoms with Gasteiger partial charge in [0.25, 0.3) is 0 Å². The highest BCUT2D eigenvalue weighted by molar-refractivity contribution is 8.00. The van der Waals surface area contributed by atoms with E-state index in [-0.39, 0.29) is 5.91 Å². The molecule has 0 aliphatic heterocycles. The standard InChI is InChI=1S/C16H18N2OS2/c19-15(13-21-16-9-4-5-10-18-16)17-11-6-12-20-14-7-2-1-3-8-14/h1-5,7-10H,6,11-13H2,(H,17,19). The lowest BCUT2D eigenvalue weighted by Crippen LogP contribution is -2.26. The molecule has 0 aliphatic carbocycles. The number of amides is 1. The van der Waals surface area contributed by atoms with E-state index in [0.717, 1.165) is 23.7 Å². The van der Waals surface area contributed by atoms with Crippen molar-refractivity contribution in [1.29, 1.82) is 0 Å². The molecule has 0 aliphatic rings. The molecular weight excluding hydrogens is 300 g/mol. The molecule has 2 aromatic rings. The molecule has 110 valence electrons. The molecule has 0 atom stereocenters. The third-order valence-corrected chi connectivity index (χ3v) is 4.69. The Balaban J connectivity index is 1.53. The summed E-state index contributed by atoms with van der Waals surface area (Å²) in [7, 11) is 0. The van der Waals surface area contributed by atoms with Gasteiger partial charge in [-0.3, -0.25) is 4.79 Å². The van der Waals surface area contributed by atoms with Crippen LogP contribution in [0.2, 0.25) is 0 Å². The van der Waals surface area contributed by atoms with Gasteiger partial charge in [0.1, 0.15) is 0 Å². The molecule has 1 aromatic heterocycles. The van der Waals surface area contributed by atoms with Crippen LogP contribution >= 0.6 is 23.5 Å². The van der Waals surface area contributed by atoms with Crippen LogP contribution in [0.1, 0.15) is 6.42 Å². The number of nitrogens with one attached hydrogen (secondary N) is 1. The lowest BCUT2D eigenvalue weighted by atomic mass is 10.4. The van der Waals surface area contributed by atoms with Crippen molar-refractivity contribution in [2.24, 2.45) is 0 Å². The normalized spacial score (nSPS) is 10.3. The van der Waals surface area contributed by atoms with Crippen LogP contribution < -0.4 is 5.32 Å². The number of carbonyl (C=O) groups is 1. The summed E-state index contributed by atoms with van der Waals surface area (Å²) in [5.41, 5.74) is 0. The van der Waals surface area contributed by atoms with Crippen LogP contribution in [0.25, 0.3) is 0 Å². The summed E-state index contributed by atoms with van der Waals surface area (Å²) in [5.74, 6) is 1.50. The molecule has 0 saturated heterocycles. The zero-order chi connectivity index (χ0) is 14.8. The van der Waals surface area contributed by atoms with Crippen molar-refractivity contribution in [1.82, 2.24) is 10.3 Å². The Morgan fingerprint density at radius 2 is 1.86 bits per heavy atom. The second kappa shape index (κ2) is 9.47. The van der Waals surface area contributed by atoms with Crippen LogP contribution in [0.4, 0.5) is 0 Å². The second-order valence-electron chi connectivity index (χ2n) is 4.32.